The summed E-state index contributed by atoms with van der Waals surface area (Å²) in [5, 5.41) is 0. The molecule has 3 nitrogen and oxygen atoms in total. The molecule has 0 radical (unpaired) electrons. The molecule has 0 saturated carbocycles. The van der Waals surface area contributed by atoms with Crippen molar-refractivity contribution in [1.82, 2.24) is 9.55 Å². The molecule has 0 atom stereocenters. The molecule has 2 N–H and O–H groups in total. The Hall–Kier alpha value is -1.91. The Kier molecular flexibility index (Phi) is 2.38. The minimum absolute atomic E-state index is 0.171. The molecule has 0 amide bonds. The van der Waals surface area contributed by atoms with Crippen molar-refractivity contribution in [3.63, 3.8) is 0 Å². The van der Waals surface area contributed by atoms with Crippen LogP contribution in [0.15, 0.2) is 18.2 Å². The first-order valence-electron chi connectivity index (χ1n) is 4.75. The minimum Gasteiger partial charge on any atom is -0.369 e. The average Bonchev–Trinajstić information content (AvgIpc) is 2.46. The van der Waals surface area contributed by atoms with E-state index in [1.165, 1.54) is 4.57 Å². The first-order valence-corrected chi connectivity index (χ1v) is 4.75. The SMILES string of the molecule is Cc1nc(N)n(C)c1-c1cc(F)ccc1F. The van der Waals surface area contributed by atoms with Crippen LogP contribution in [0.4, 0.5) is 14.7 Å². The molecule has 0 aliphatic carbocycles. The number of hydrogen-bond acceptors (Lipinski definition) is 2. The summed E-state index contributed by atoms with van der Waals surface area (Å²) in [6.07, 6.45) is 0. The highest BCUT2D eigenvalue weighted by Crippen LogP contribution is 2.27. The quantitative estimate of drug-likeness (QED) is 0.805. The van der Waals surface area contributed by atoms with E-state index < -0.39 is 11.6 Å². The third-order valence-corrected chi connectivity index (χ3v) is 2.49. The van der Waals surface area contributed by atoms with Crippen LogP contribution in [0.1, 0.15) is 5.69 Å². The van der Waals surface area contributed by atoms with Crippen molar-refractivity contribution in [1.29, 1.82) is 0 Å². The monoisotopic (exact) mass is 223 g/mol. The van der Waals surface area contributed by atoms with Gasteiger partial charge in [-0.05, 0) is 25.1 Å². The smallest absolute Gasteiger partial charge is 0.200 e. The molecule has 84 valence electrons. The molecular weight excluding hydrogens is 212 g/mol. The van der Waals surface area contributed by atoms with Crippen molar-refractivity contribution in [3.8, 4) is 11.3 Å². The van der Waals surface area contributed by atoms with Crippen molar-refractivity contribution in [2.45, 2.75) is 6.92 Å². The predicted octanol–water partition coefficient (Wildman–Crippen LogP) is 2.26. The maximum atomic E-state index is 13.6. The lowest BCUT2D eigenvalue weighted by molar-refractivity contribution is 0.602. The van der Waals surface area contributed by atoms with Crippen molar-refractivity contribution in [2.75, 3.05) is 5.73 Å². The molecule has 0 fully saturated rings. The molecule has 2 aromatic rings. The van der Waals surface area contributed by atoms with Crippen LogP contribution in [0.25, 0.3) is 11.3 Å². The number of nitrogens with zero attached hydrogens (tertiary/aromatic N) is 2. The van der Waals surface area contributed by atoms with Crippen LogP contribution in [0, 0.1) is 18.6 Å². The zero-order valence-corrected chi connectivity index (χ0v) is 8.96. The van der Waals surface area contributed by atoms with Crippen molar-refractivity contribution in [3.05, 3.63) is 35.5 Å². The number of rotatable bonds is 1. The molecule has 16 heavy (non-hydrogen) atoms. The van der Waals surface area contributed by atoms with E-state index in [2.05, 4.69) is 4.98 Å². The average molecular weight is 223 g/mol. The number of aryl methyl sites for hydroxylation is 1. The van der Waals surface area contributed by atoms with E-state index in [1.807, 2.05) is 0 Å². The number of halogens is 2. The van der Waals surface area contributed by atoms with Gasteiger partial charge in [0.05, 0.1) is 11.4 Å². The summed E-state index contributed by atoms with van der Waals surface area (Å²) < 4.78 is 28.2. The lowest BCUT2D eigenvalue weighted by atomic mass is 10.1. The normalized spacial score (nSPS) is 10.8. The third-order valence-electron chi connectivity index (χ3n) is 2.49. The molecular formula is C11H11F2N3. The van der Waals surface area contributed by atoms with Crippen molar-refractivity contribution < 1.29 is 8.78 Å². The fourth-order valence-corrected chi connectivity index (χ4v) is 1.71. The summed E-state index contributed by atoms with van der Waals surface area (Å²) in [5.74, 6) is -0.709. The zero-order valence-electron chi connectivity index (χ0n) is 8.96. The van der Waals surface area contributed by atoms with E-state index in [4.69, 9.17) is 5.73 Å². The molecule has 0 aliphatic heterocycles. The van der Waals surface area contributed by atoms with Gasteiger partial charge in [0.15, 0.2) is 0 Å². The second-order valence-electron chi connectivity index (χ2n) is 3.59. The van der Waals surface area contributed by atoms with Crippen LogP contribution in [-0.4, -0.2) is 9.55 Å². The number of aromatic nitrogens is 2. The van der Waals surface area contributed by atoms with Crippen LogP contribution in [0.3, 0.4) is 0 Å². The summed E-state index contributed by atoms with van der Waals surface area (Å²) >= 11 is 0. The van der Waals surface area contributed by atoms with Crippen molar-refractivity contribution in [2.24, 2.45) is 7.05 Å². The lowest BCUT2D eigenvalue weighted by Gasteiger charge is -2.06. The molecule has 1 heterocycles. The largest absolute Gasteiger partial charge is 0.369 e. The molecule has 1 aromatic heterocycles. The summed E-state index contributed by atoms with van der Waals surface area (Å²) in [5.41, 5.74) is 6.84. The Labute approximate surface area is 91.5 Å². The highest BCUT2D eigenvalue weighted by molar-refractivity contribution is 5.65. The van der Waals surface area contributed by atoms with Crippen LogP contribution in [-0.2, 0) is 7.05 Å². The first-order chi connectivity index (χ1) is 7.50. The van der Waals surface area contributed by atoms with Crippen LogP contribution >= 0.6 is 0 Å². The zero-order chi connectivity index (χ0) is 11.9. The number of hydrogen-bond donors (Lipinski definition) is 1. The van der Waals surface area contributed by atoms with Gasteiger partial charge in [-0.2, -0.15) is 0 Å². The third kappa shape index (κ3) is 1.54. The van der Waals surface area contributed by atoms with Crippen LogP contribution in [0.5, 0.6) is 0 Å². The molecule has 5 heteroatoms. The lowest BCUT2D eigenvalue weighted by Crippen LogP contribution is -2.00. The van der Waals surface area contributed by atoms with Gasteiger partial charge in [0, 0.05) is 12.6 Å². The molecule has 0 spiro atoms. The van der Waals surface area contributed by atoms with Gasteiger partial charge < -0.3 is 10.3 Å². The van der Waals surface area contributed by atoms with Gasteiger partial charge in [-0.25, -0.2) is 13.8 Å². The van der Waals surface area contributed by atoms with Gasteiger partial charge in [-0.15, -0.1) is 0 Å². The number of imidazole rings is 1. The van der Waals surface area contributed by atoms with Gasteiger partial charge in [-0.1, -0.05) is 0 Å². The highest BCUT2D eigenvalue weighted by atomic mass is 19.1. The van der Waals surface area contributed by atoms with Crippen LogP contribution < -0.4 is 5.73 Å². The topological polar surface area (TPSA) is 43.8 Å². The van der Waals surface area contributed by atoms with E-state index in [0.29, 0.717) is 11.4 Å². The molecule has 0 aliphatic rings. The number of nitrogens with two attached hydrogens (primary N) is 1. The van der Waals surface area contributed by atoms with E-state index in [0.717, 1.165) is 18.2 Å². The van der Waals surface area contributed by atoms with Gasteiger partial charge in [0.25, 0.3) is 0 Å². The van der Waals surface area contributed by atoms with Gasteiger partial charge >= 0.3 is 0 Å². The van der Waals surface area contributed by atoms with Gasteiger partial charge in [0.1, 0.15) is 11.6 Å². The Morgan fingerprint density at radius 1 is 1.31 bits per heavy atom. The summed E-state index contributed by atoms with van der Waals surface area (Å²) in [4.78, 5) is 4.01. The molecule has 0 unspecified atom stereocenters. The second kappa shape index (κ2) is 3.59. The fraction of sp³-hybridized carbons (Fsp3) is 0.182. The van der Waals surface area contributed by atoms with Crippen LogP contribution in [0.2, 0.25) is 0 Å². The Bertz CT molecular complexity index is 546. The van der Waals surface area contributed by atoms with E-state index in [9.17, 15) is 8.78 Å². The Morgan fingerprint density at radius 2 is 2.00 bits per heavy atom. The van der Waals surface area contributed by atoms with E-state index in [1.54, 1.807) is 14.0 Å². The maximum Gasteiger partial charge on any atom is 0.200 e. The Morgan fingerprint density at radius 3 is 2.56 bits per heavy atom. The van der Waals surface area contributed by atoms with Crippen molar-refractivity contribution >= 4 is 5.95 Å². The van der Waals surface area contributed by atoms with E-state index in [-0.39, 0.29) is 11.5 Å². The summed E-state index contributed by atoms with van der Waals surface area (Å²) in [6.45, 7) is 1.70. The first kappa shape index (κ1) is 10.6. The minimum atomic E-state index is -0.493. The highest BCUT2D eigenvalue weighted by Gasteiger charge is 2.15. The molecule has 2 rings (SSSR count). The predicted molar refractivity (Wildman–Crippen MR) is 57.7 cm³/mol. The van der Waals surface area contributed by atoms with Gasteiger partial charge in [-0.3, -0.25) is 0 Å². The number of anilines is 1. The molecule has 0 saturated heterocycles. The Balaban J connectivity index is 2.71. The second-order valence-corrected chi connectivity index (χ2v) is 3.59. The number of nitrogen functional groups attached to an aromatic ring is 1. The fourth-order valence-electron chi connectivity index (χ4n) is 1.71. The summed E-state index contributed by atoms with van der Waals surface area (Å²) in [7, 11) is 1.66. The summed E-state index contributed by atoms with van der Waals surface area (Å²) in [6, 6.07) is 3.31. The van der Waals surface area contributed by atoms with E-state index >= 15 is 0 Å². The standard InChI is InChI=1S/C11H11F2N3/c1-6-10(16(2)11(14)15-6)8-5-7(12)3-4-9(8)13/h3-5H,1-2H3,(H2,14,15). The van der Waals surface area contributed by atoms with Gasteiger partial charge in [0.2, 0.25) is 5.95 Å². The molecule has 1 aromatic carbocycles. The number of benzene rings is 1. The molecule has 0 bridgehead atoms. The maximum absolute atomic E-state index is 13.6.